The molecule has 0 saturated carbocycles. The molecule has 1 aliphatic heterocycles. The van der Waals surface area contributed by atoms with Gasteiger partial charge in [0.2, 0.25) is 5.91 Å². The number of aromatic nitrogens is 2. The van der Waals surface area contributed by atoms with Gasteiger partial charge in [0.25, 0.3) is 5.91 Å². The molecule has 10 nitrogen and oxygen atoms in total. The van der Waals surface area contributed by atoms with E-state index >= 15 is 0 Å². The van der Waals surface area contributed by atoms with E-state index in [9.17, 15) is 24.2 Å². The molecule has 0 unspecified atom stereocenters. The number of ether oxygens (including phenoxy) is 2. The number of amides is 2. The molecule has 2 heterocycles. The largest absolute Gasteiger partial charge is 0.388 e. The molecule has 2 amide bonds. The van der Waals surface area contributed by atoms with Gasteiger partial charge in [0.05, 0.1) is 17.9 Å². The summed E-state index contributed by atoms with van der Waals surface area (Å²) in [6.45, 7) is 8.99. The fourth-order valence-electron chi connectivity index (χ4n) is 4.93. The number of hydrogen-bond donors (Lipinski definition) is 2. The van der Waals surface area contributed by atoms with Gasteiger partial charge in [0, 0.05) is 63.8 Å². The summed E-state index contributed by atoms with van der Waals surface area (Å²) >= 11 is 0. The lowest BCUT2D eigenvalue weighted by Crippen LogP contribution is -2.51. The van der Waals surface area contributed by atoms with Gasteiger partial charge in [-0.2, -0.15) is 5.10 Å². The lowest BCUT2D eigenvalue weighted by molar-refractivity contribution is -0.127. The smallest absolute Gasteiger partial charge is 0.256 e. The van der Waals surface area contributed by atoms with Crippen LogP contribution < -0.4 is 0 Å². The van der Waals surface area contributed by atoms with E-state index in [1.165, 1.54) is 29.2 Å². The average molecular weight is 603 g/mol. The maximum absolute atomic E-state index is 14.7. The topological polar surface area (TPSA) is 117 Å². The summed E-state index contributed by atoms with van der Waals surface area (Å²) in [5.41, 5.74) is 2.50. The number of rotatable bonds is 7. The molecule has 3 atom stereocenters. The number of benzene rings is 1. The Morgan fingerprint density at radius 2 is 1.86 bits per heavy atom. The Morgan fingerprint density at radius 3 is 2.53 bits per heavy atom. The summed E-state index contributed by atoms with van der Waals surface area (Å²) in [6.07, 6.45) is 1.69. The van der Waals surface area contributed by atoms with E-state index in [2.05, 4.69) is 5.10 Å². The quantitative estimate of drug-likeness (QED) is 0.468. The van der Waals surface area contributed by atoms with E-state index in [1.807, 2.05) is 34.7 Å². The van der Waals surface area contributed by atoms with E-state index in [0.717, 1.165) is 17.0 Å². The van der Waals surface area contributed by atoms with Crippen molar-refractivity contribution in [2.75, 3.05) is 46.0 Å². The second kappa shape index (κ2) is 16.7. The van der Waals surface area contributed by atoms with Crippen LogP contribution in [0, 0.1) is 25.6 Å². The zero-order valence-electron chi connectivity index (χ0n) is 26.0. The number of aryl methyl sites for hydroxylation is 2. The number of halogens is 1. The molecule has 0 aliphatic carbocycles. The van der Waals surface area contributed by atoms with E-state index in [-0.39, 0.29) is 37.7 Å². The molecular weight excluding hydrogens is 555 g/mol. The Kier molecular flexibility index (Phi) is 13.3. The van der Waals surface area contributed by atoms with Gasteiger partial charge in [0.1, 0.15) is 24.1 Å². The van der Waals surface area contributed by atoms with E-state index in [1.54, 1.807) is 21.7 Å². The molecule has 238 valence electrons. The van der Waals surface area contributed by atoms with Crippen LogP contribution in [-0.4, -0.2) is 106 Å². The normalized spacial score (nSPS) is 21.4. The molecule has 1 saturated heterocycles. The SMILES string of the molecule is Cc1nn(C)c(C)c1/C=C/C(=O)N1CCCCOC[C@@H](O)[C@@H](O)[C@H](OCCC(C)C)CN(C(=O)c2ccccc2F)CC1. The predicted octanol–water partition coefficient (Wildman–Crippen LogP) is 3.12. The second-order valence-electron chi connectivity index (χ2n) is 11.5. The number of aliphatic hydroxyl groups is 2. The second-order valence-corrected chi connectivity index (χ2v) is 11.5. The number of carbonyl (C=O) groups is 2. The van der Waals surface area contributed by atoms with Crippen molar-refractivity contribution >= 4 is 17.9 Å². The highest BCUT2D eigenvalue weighted by molar-refractivity contribution is 5.95. The highest BCUT2D eigenvalue weighted by Crippen LogP contribution is 2.17. The van der Waals surface area contributed by atoms with Crippen LogP contribution in [-0.2, 0) is 21.3 Å². The van der Waals surface area contributed by atoms with Gasteiger partial charge in [0.15, 0.2) is 0 Å². The zero-order valence-corrected chi connectivity index (χ0v) is 26.0. The fraction of sp³-hybridized carbons (Fsp3) is 0.594. The molecule has 0 spiro atoms. The number of hydrogen-bond acceptors (Lipinski definition) is 7. The van der Waals surface area contributed by atoms with Crippen LogP contribution in [0.5, 0.6) is 0 Å². The maximum Gasteiger partial charge on any atom is 0.256 e. The van der Waals surface area contributed by atoms with Crippen molar-refractivity contribution in [2.24, 2.45) is 13.0 Å². The van der Waals surface area contributed by atoms with Gasteiger partial charge in [-0.1, -0.05) is 26.0 Å². The van der Waals surface area contributed by atoms with Crippen LogP contribution in [0.25, 0.3) is 6.08 Å². The summed E-state index contributed by atoms with van der Waals surface area (Å²) in [4.78, 5) is 30.1. The molecule has 1 aromatic carbocycles. The minimum Gasteiger partial charge on any atom is -0.388 e. The number of carbonyl (C=O) groups excluding carboxylic acids is 2. The Labute approximate surface area is 254 Å². The zero-order chi connectivity index (χ0) is 31.5. The Morgan fingerprint density at radius 1 is 1.14 bits per heavy atom. The summed E-state index contributed by atoms with van der Waals surface area (Å²) in [7, 11) is 1.85. The third-order valence-electron chi connectivity index (χ3n) is 7.76. The predicted molar refractivity (Wildman–Crippen MR) is 162 cm³/mol. The molecular formula is C32H47FN4O6. The van der Waals surface area contributed by atoms with Crippen molar-refractivity contribution in [3.8, 4) is 0 Å². The third kappa shape index (κ3) is 9.96. The van der Waals surface area contributed by atoms with Gasteiger partial charge in [-0.25, -0.2) is 4.39 Å². The van der Waals surface area contributed by atoms with Crippen molar-refractivity contribution in [1.82, 2.24) is 19.6 Å². The highest BCUT2D eigenvalue weighted by atomic mass is 19.1. The molecule has 43 heavy (non-hydrogen) atoms. The lowest BCUT2D eigenvalue weighted by Gasteiger charge is -2.34. The summed E-state index contributed by atoms with van der Waals surface area (Å²) in [5, 5.41) is 26.1. The highest BCUT2D eigenvalue weighted by Gasteiger charge is 2.32. The van der Waals surface area contributed by atoms with Gasteiger partial charge in [-0.05, 0) is 57.2 Å². The molecule has 1 aliphatic rings. The Balaban J connectivity index is 1.90. The average Bonchev–Trinajstić information content (AvgIpc) is 3.21. The van der Waals surface area contributed by atoms with E-state index in [4.69, 9.17) is 9.47 Å². The first-order valence-electron chi connectivity index (χ1n) is 15.1. The molecule has 3 rings (SSSR count). The first-order valence-corrected chi connectivity index (χ1v) is 15.1. The van der Waals surface area contributed by atoms with Crippen LogP contribution in [0.4, 0.5) is 4.39 Å². The lowest BCUT2D eigenvalue weighted by atomic mass is 10.1. The summed E-state index contributed by atoms with van der Waals surface area (Å²) < 4.78 is 28.1. The van der Waals surface area contributed by atoms with E-state index in [0.29, 0.717) is 44.9 Å². The van der Waals surface area contributed by atoms with Crippen molar-refractivity contribution < 1.29 is 33.7 Å². The van der Waals surface area contributed by atoms with Crippen LogP contribution in [0.1, 0.15) is 60.4 Å². The van der Waals surface area contributed by atoms with Crippen molar-refractivity contribution in [1.29, 1.82) is 0 Å². The Bertz CT molecular complexity index is 1230. The molecule has 1 fully saturated rings. The number of nitrogens with zero attached hydrogens (tertiary/aromatic N) is 4. The maximum atomic E-state index is 14.7. The molecule has 0 radical (unpaired) electrons. The van der Waals surface area contributed by atoms with Crippen LogP contribution in [0.3, 0.4) is 0 Å². The number of aliphatic hydroxyl groups excluding tert-OH is 2. The van der Waals surface area contributed by atoms with Crippen molar-refractivity contribution in [3.63, 3.8) is 0 Å². The Hall–Kier alpha value is -3.12. The van der Waals surface area contributed by atoms with Crippen LogP contribution in [0.15, 0.2) is 30.3 Å². The third-order valence-corrected chi connectivity index (χ3v) is 7.76. The van der Waals surface area contributed by atoms with Crippen molar-refractivity contribution in [3.05, 3.63) is 58.7 Å². The summed E-state index contributed by atoms with van der Waals surface area (Å²) in [5.74, 6) is -1.15. The van der Waals surface area contributed by atoms with Gasteiger partial charge in [-0.15, -0.1) is 0 Å². The molecule has 2 aromatic rings. The van der Waals surface area contributed by atoms with Gasteiger partial charge >= 0.3 is 0 Å². The van der Waals surface area contributed by atoms with E-state index < -0.39 is 30.0 Å². The van der Waals surface area contributed by atoms with Crippen molar-refractivity contribution in [2.45, 2.75) is 65.3 Å². The first kappa shape index (κ1) is 34.4. The first-order chi connectivity index (χ1) is 20.5. The molecule has 11 heteroatoms. The van der Waals surface area contributed by atoms with Crippen LogP contribution >= 0.6 is 0 Å². The van der Waals surface area contributed by atoms with Crippen LogP contribution in [0.2, 0.25) is 0 Å². The van der Waals surface area contributed by atoms with Gasteiger partial charge in [-0.3, -0.25) is 14.3 Å². The monoisotopic (exact) mass is 602 g/mol. The molecule has 0 bridgehead atoms. The minimum absolute atomic E-state index is 0.0705. The fourth-order valence-corrected chi connectivity index (χ4v) is 4.93. The standard InChI is InChI=1S/C32H47FN4O6/c1-22(2)14-19-43-29-20-37(32(41)26-10-6-7-11-27(26)33)17-16-36(15-8-9-18-42-21-28(38)31(29)40)30(39)13-12-25-23(3)34-35(5)24(25)4/h6-7,10-13,22,28-29,31,38,40H,8-9,14-21H2,1-5H3/b13-12+/t28-,29-,31-/m1/s1. The molecule has 2 N–H and O–H groups in total. The molecule has 1 aromatic heterocycles. The minimum atomic E-state index is -1.35. The van der Waals surface area contributed by atoms with Gasteiger partial charge < -0.3 is 29.5 Å². The summed E-state index contributed by atoms with van der Waals surface area (Å²) in [6, 6.07) is 5.70.